The number of ether oxygens (including phenoxy) is 1. The lowest BCUT2D eigenvalue weighted by molar-refractivity contribution is -0.113. The maximum atomic E-state index is 13.1. The molecule has 1 aliphatic rings. The Bertz CT molecular complexity index is 1230. The number of nitriles is 1. The Labute approximate surface area is 188 Å². The van der Waals surface area contributed by atoms with Crippen LogP contribution in [0, 0.1) is 11.3 Å². The van der Waals surface area contributed by atoms with Crippen molar-refractivity contribution in [3.63, 3.8) is 0 Å². The number of hydrogen-bond donors (Lipinski definition) is 1. The van der Waals surface area contributed by atoms with Crippen molar-refractivity contribution >= 4 is 45.9 Å². The standard InChI is InChI=1S/C22H19ClN4O3S/c23-15-7-8-17-19(10-15)26-22(27(21(17)29)12-16-5-3-9-30-16)31-13-20(28)25-18-6-2-1-4-14(18)11-24/h1-2,4,6-8,10,16H,3,5,9,12-13H2,(H,25,28). The van der Waals surface area contributed by atoms with Gasteiger partial charge in [0.1, 0.15) is 6.07 Å². The van der Waals surface area contributed by atoms with E-state index in [1.807, 2.05) is 0 Å². The number of carbonyl (C=O) groups is 1. The molecule has 9 heteroatoms. The summed E-state index contributed by atoms with van der Waals surface area (Å²) < 4.78 is 7.28. The van der Waals surface area contributed by atoms with Crippen LogP contribution < -0.4 is 10.9 Å². The van der Waals surface area contributed by atoms with Crippen LogP contribution in [0.5, 0.6) is 0 Å². The molecule has 1 fully saturated rings. The molecule has 0 radical (unpaired) electrons. The van der Waals surface area contributed by atoms with E-state index in [-0.39, 0.29) is 23.3 Å². The van der Waals surface area contributed by atoms with Gasteiger partial charge in [0.2, 0.25) is 5.91 Å². The number of hydrogen-bond acceptors (Lipinski definition) is 6. The van der Waals surface area contributed by atoms with Crippen molar-refractivity contribution in [2.45, 2.75) is 30.6 Å². The Morgan fingerprint density at radius 3 is 2.97 bits per heavy atom. The van der Waals surface area contributed by atoms with Gasteiger partial charge in [0.15, 0.2) is 5.16 Å². The fourth-order valence-corrected chi connectivity index (χ4v) is 4.42. The molecule has 4 rings (SSSR count). The molecule has 158 valence electrons. The Kier molecular flexibility index (Phi) is 6.56. The zero-order valence-electron chi connectivity index (χ0n) is 16.5. The van der Waals surface area contributed by atoms with Gasteiger partial charge in [-0.1, -0.05) is 35.5 Å². The van der Waals surface area contributed by atoms with Gasteiger partial charge in [-0.25, -0.2) is 4.98 Å². The minimum absolute atomic E-state index is 0.0315. The average Bonchev–Trinajstić information content (AvgIpc) is 3.28. The van der Waals surface area contributed by atoms with E-state index in [2.05, 4.69) is 16.4 Å². The second kappa shape index (κ2) is 9.52. The van der Waals surface area contributed by atoms with Crippen molar-refractivity contribution in [3.05, 3.63) is 63.4 Å². The fraction of sp³-hybridized carbons (Fsp3) is 0.273. The van der Waals surface area contributed by atoms with Crippen LogP contribution in [-0.2, 0) is 16.1 Å². The number of aromatic nitrogens is 2. The lowest BCUT2D eigenvalue weighted by atomic mass is 10.2. The van der Waals surface area contributed by atoms with Crippen molar-refractivity contribution in [1.29, 1.82) is 5.26 Å². The van der Waals surface area contributed by atoms with Crippen LogP contribution in [0.25, 0.3) is 10.9 Å². The van der Waals surface area contributed by atoms with Crippen molar-refractivity contribution in [2.75, 3.05) is 17.7 Å². The van der Waals surface area contributed by atoms with Crippen LogP contribution in [0.15, 0.2) is 52.4 Å². The van der Waals surface area contributed by atoms with Gasteiger partial charge in [0.05, 0.1) is 40.6 Å². The SMILES string of the molecule is N#Cc1ccccc1NC(=O)CSc1nc2cc(Cl)ccc2c(=O)n1CC1CCCO1. The number of benzene rings is 2. The molecule has 31 heavy (non-hydrogen) atoms. The summed E-state index contributed by atoms with van der Waals surface area (Å²) in [4.78, 5) is 30.3. The number of fused-ring (bicyclic) bond motifs is 1. The molecule has 1 amide bonds. The highest BCUT2D eigenvalue weighted by Crippen LogP contribution is 2.23. The van der Waals surface area contributed by atoms with E-state index in [0.717, 1.165) is 24.6 Å². The van der Waals surface area contributed by atoms with Crippen LogP contribution in [0.2, 0.25) is 5.02 Å². The number of thioether (sulfide) groups is 1. The first-order valence-electron chi connectivity index (χ1n) is 9.78. The maximum Gasteiger partial charge on any atom is 0.262 e. The molecule has 2 heterocycles. The summed E-state index contributed by atoms with van der Waals surface area (Å²) in [6.45, 7) is 1.06. The first kappa shape index (κ1) is 21.4. The normalized spacial score (nSPS) is 15.7. The third-order valence-electron chi connectivity index (χ3n) is 4.95. The monoisotopic (exact) mass is 454 g/mol. The number of amides is 1. The largest absolute Gasteiger partial charge is 0.376 e. The van der Waals surface area contributed by atoms with Crippen LogP contribution in [0.4, 0.5) is 5.69 Å². The predicted octanol–water partition coefficient (Wildman–Crippen LogP) is 3.83. The molecule has 2 aromatic carbocycles. The van der Waals surface area contributed by atoms with E-state index in [1.54, 1.807) is 47.0 Å². The minimum atomic E-state index is -0.295. The minimum Gasteiger partial charge on any atom is -0.376 e. The molecule has 0 aliphatic carbocycles. The van der Waals surface area contributed by atoms with Crippen molar-refractivity contribution in [1.82, 2.24) is 9.55 Å². The lowest BCUT2D eigenvalue weighted by Crippen LogP contribution is -2.29. The van der Waals surface area contributed by atoms with Crippen LogP contribution in [0.3, 0.4) is 0 Å². The quantitative estimate of drug-likeness (QED) is 0.449. The van der Waals surface area contributed by atoms with E-state index in [4.69, 9.17) is 16.3 Å². The number of anilines is 1. The highest BCUT2D eigenvalue weighted by molar-refractivity contribution is 7.99. The third kappa shape index (κ3) is 4.90. The molecule has 1 saturated heterocycles. The van der Waals surface area contributed by atoms with Gasteiger partial charge in [-0.2, -0.15) is 5.26 Å². The molecule has 3 aromatic rings. The fourth-order valence-electron chi connectivity index (χ4n) is 3.44. The molecule has 1 unspecified atom stereocenters. The van der Waals surface area contributed by atoms with Gasteiger partial charge in [0, 0.05) is 11.6 Å². The Balaban J connectivity index is 1.59. The van der Waals surface area contributed by atoms with Crippen molar-refractivity contribution in [2.24, 2.45) is 0 Å². The van der Waals surface area contributed by atoms with Crippen LogP contribution in [0.1, 0.15) is 18.4 Å². The zero-order chi connectivity index (χ0) is 21.8. The summed E-state index contributed by atoms with van der Waals surface area (Å²) in [5.41, 5.74) is 1.13. The highest BCUT2D eigenvalue weighted by atomic mass is 35.5. The summed E-state index contributed by atoms with van der Waals surface area (Å²) in [5, 5.41) is 13.3. The van der Waals surface area contributed by atoms with E-state index in [0.29, 0.717) is 45.5 Å². The number of halogens is 1. The number of para-hydroxylation sites is 1. The van der Waals surface area contributed by atoms with E-state index in [1.165, 1.54) is 0 Å². The molecular formula is C22H19ClN4O3S. The van der Waals surface area contributed by atoms with Crippen molar-refractivity contribution < 1.29 is 9.53 Å². The molecule has 1 aliphatic heterocycles. The number of rotatable bonds is 6. The van der Waals surface area contributed by atoms with Crippen LogP contribution in [-0.4, -0.2) is 33.9 Å². The molecule has 1 atom stereocenters. The summed E-state index contributed by atoms with van der Waals surface area (Å²) in [7, 11) is 0. The van der Waals surface area contributed by atoms with Gasteiger partial charge < -0.3 is 10.1 Å². The topological polar surface area (TPSA) is 97.0 Å². The van der Waals surface area contributed by atoms with Gasteiger partial charge in [-0.3, -0.25) is 14.2 Å². The number of nitrogens with zero attached hydrogens (tertiary/aromatic N) is 3. The molecule has 0 saturated carbocycles. The first-order valence-corrected chi connectivity index (χ1v) is 11.1. The molecule has 7 nitrogen and oxygen atoms in total. The summed E-state index contributed by atoms with van der Waals surface area (Å²) in [5.74, 6) is -0.263. The van der Waals surface area contributed by atoms with E-state index >= 15 is 0 Å². The van der Waals surface area contributed by atoms with Crippen molar-refractivity contribution in [3.8, 4) is 6.07 Å². The van der Waals surface area contributed by atoms with Gasteiger partial charge in [0.25, 0.3) is 5.56 Å². The number of nitrogens with one attached hydrogen (secondary N) is 1. The highest BCUT2D eigenvalue weighted by Gasteiger charge is 2.21. The van der Waals surface area contributed by atoms with Crippen LogP contribution >= 0.6 is 23.4 Å². The Morgan fingerprint density at radius 1 is 1.35 bits per heavy atom. The summed E-state index contributed by atoms with van der Waals surface area (Å²) in [6, 6.07) is 13.8. The summed E-state index contributed by atoms with van der Waals surface area (Å²) >= 11 is 7.25. The summed E-state index contributed by atoms with van der Waals surface area (Å²) in [6.07, 6.45) is 1.78. The smallest absolute Gasteiger partial charge is 0.262 e. The molecule has 1 aromatic heterocycles. The molecule has 0 spiro atoms. The first-order chi connectivity index (χ1) is 15.0. The molecular weight excluding hydrogens is 436 g/mol. The van der Waals surface area contributed by atoms with E-state index < -0.39 is 0 Å². The lowest BCUT2D eigenvalue weighted by Gasteiger charge is -2.16. The molecule has 1 N–H and O–H groups in total. The second-order valence-corrected chi connectivity index (χ2v) is 8.48. The second-order valence-electron chi connectivity index (χ2n) is 7.10. The predicted molar refractivity (Wildman–Crippen MR) is 120 cm³/mol. The van der Waals surface area contributed by atoms with Gasteiger partial charge in [-0.05, 0) is 43.2 Å². The van der Waals surface area contributed by atoms with Gasteiger partial charge >= 0.3 is 0 Å². The maximum absolute atomic E-state index is 13.1. The third-order valence-corrected chi connectivity index (χ3v) is 6.16. The Hall–Kier alpha value is -2.86. The zero-order valence-corrected chi connectivity index (χ0v) is 18.1. The number of carbonyl (C=O) groups excluding carboxylic acids is 1. The average molecular weight is 455 g/mol. The molecule has 0 bridgehead atoms. The Morgan fingerprint density at radius 2 is 2.19 bits per heavy atom. The van der Waals surface area contributed by atoms with Gasteiger partial charge in [-0.15, -0.1) is 0 Å². The van der Waals surface area contributed by atoms with E-state index in [9.17, 15) is 14.9 Å².